The largest absolute Gasteiger partial charge is 0.481 e. The first kappa shape index (κ1) is 16.7. The minimum absolute atomic E-state index is 0.0662. The zero-order valence-corrected chi connectivity index (χ0v) is 11.7. The number of rotatable bonds is 9. The summed E-state index contributed by atoms with van der Waals surface area (Å²) in [6.07, 6.45) is 5.40. The molecule has 0 spiro atoms. The van der Waals surface area contributed by atoms with Gasteiger partial charge >= 0.3 is 5.97 Å². The maximum absolute atomic E-state index is 11.4. The molecule has 0 saturated heterocycles. The molecule has 0 radical (unpaired) electrons. The van der Waals surface area contributed by atoms with E-state index in [0.29, 0.717) is 18.9 Å². The summed E-state index contributed by atoms with van der Waals surface area (Å²) in [6.45, 7) is 6.47. The van der Waals surface area contributed by atoms with Crippen molar-refractivity contribution in [2.24, 2.45) is 5.92 Å². The minimum atomic E-state index is -0.746. The van der Waals surface area contributed by atoms with Crippen molar-refractivity contribution >= 4 is 11.9 Å². The number of allylic oxidation sites excluding steroid dienone is 1. The van der Waals surface area contributed by atoms with Crippen LogP contribution in [0, 0.1) is 5.92 Å². The molecule has 1 amide bonds. The molecule has 4 heteroatoms. The molecule has 18 heavy (non-hydrogen) atoms. The number of hydrogen-bond donors (Lipinski definition) is 2. The summed E-state index contributed by atoms with van der Waals surface area (Å²) in [5.41, 5.74) is 0.975. The van der Waals surface area contributed by atoms with Crippen LogP contribution in [0.4, 0.5) is 0 Å². The third-order valence-electron chi connectivity index (χ3n) is 2.73. The highest BCUT2D eigenvalue weighted by Gasteiger charge is 2.10. The second-order valence-corrected chi connectivity index (χ2v) is 4.89. The van der Waals surface area contributed by atoms with Crippen LogP contribution < -0.4 is 5.32 Å². The van der Waals surface area contributed by atoms with E-state index >= 15 is 0 Å². The Bertz CT molecular complexity index is 293. The van der Waals surface area contributed by atoms with Crippen molar-refractivity contribution in [1.82, 2.24) is 5.32 Å². The van der Waals surface area contributed by atoms with Crippen LogP contribution in [-0.2, 0) is 9.59 Å². The van der Waals surface area contributed by atoms with Gasteiger partial charge in [0.15, 0.2) is 0 Å². The summed E-state index contributed by atoms with van der Waals surface area (Å²) in [4.78, 5) is 21.9. The van der Waals surface area contributed by atoms with E-state index in [-0.39, 0.29) is 12.3 Å². The number of carboxylic acid groups (broad SMARTS) is 1. The Balaban J connectivity index is 3.92. The van der Waals surface area contributed by atoms with Gasteiger partial charge in [-0.1, -0.05) is 25.3 Å². The van der Waals surface area contributed by atoms with Crippen molar-refractivity contribution in [3.8, 4) is 0 Å². The maximum atomic E-state index is 11.4. The van der Waals surface area contributed by atoms with E-state index in [1.165, 1.54) is 0 Å². The van der Waals surface area contributed by atoms with Gasteiger partial charge in [0.25, 0.3) is 0 Å². The first-order valence-electron chi connectivity index (χ1n) is 6.60. The van der Waals surface area contributed by atoms with E-state index in [1.54, 1.807) is 6.08 Å². The van der Waals surface area contributed by atoms with Gasteiger partial charge in [-0.15, -0.1) is 0 Å². The Morgan fingerprint density at radius 1 is 1.22 bits per heavy atom. The van der Waals surface area contributed by atoms with Gasteiger partial charge in [-0.25, -0.2) is 0 Å². The molecule has 0 aromatic rings. The fourth-order valence-electron chi connectivity index (χ4n) is 1.88. The summed E-state index contributed by atoms with van der Waals surface area (Å²) in [6, 6.07) is 0. The number of nitrogens with one attached hydrogen (secondary N) is 1. The van der Waals surface area contributed by atoms with Crippen LogP contribution in [0.25, 0.3) is 0 Å². The molecular formula is C14H25NO3. The molecule has 0 aromatic heterocycles. The van der Waals surface area contributed by atoms with Crippen molar-refractivity contribution in [1.29, 1.82) is 0 Å². The molecule has 4 nitrogen and oxygen atoms in total. The molecule has 104 valence electrons. The Morgan fingerprint density at radius 2 is 1.89 bits per heavy atom. The molecule has 0 saturated carbocycles. The number of amides is 1. The maximum Gasteiger partial charge on any atom is 0.303 e. The predicted octanol–water partition coefficient (Wildman–Crippen LogP) is 2.74. The Kier molecular flexibility index (Phi) is 8.97. The average molecular weight is 255 g/mol. The van der Waals surface area contributed by atoms with Crippen LogP contribution >= 0.6 is 0 Å². The molecular weight excluding hydrogens is 230 g/mol. The topological polar surface area (TPSA) is 66.4 Å². The second kappa shape index (κ2) is 9.68. The van der Waals surface area contributed by atoms with Crippen molar-refractivity contribution in [2.45, 2.75) is 52.9 Å². The summed E-state index contributed by atoms with van der Waals surface area (Å²) >= 11 is 0. The highest BCUT2D eigenvalue weighted by atomic mass is 16.4. The predicted molar refractivity (Wildman–Crippen MR) is 72.3 cm³/mol. The average Bonchev–Trinajstić information content (AvgIpc) is 2.24. The van der Waals surface area contributed by atoms with Gasteiger partial charge in [0.05, 0.1) is 0 Å². The number of aliphatic carboxylic acids is 1. The first-order valence-corrected chi connectivity index (χ1v) is 6.60. The SMILES string of the molecule is CCCC(CCNC(=O)C=C(C)C)CCC(=O)O. The molecule has 0 aliphatic heterocycles. The van der Waals surface area contributed by atoms with Crippen molar-refractivity contribution < 1.29 is 14.7 Å². The fourth-order valence-corrected chi connectivity index (χ4v) is 1.88. The lowest BCUT2D eigenvalue weighted by Gasteiger charge is -2.15. The van der Waals surface area contributed by atoms with E-state index in [0.717, 1.165) is 24.8 Å². The summed E-state index contributed by atoms with van der Waals surface area (Å²) in [7, 11) is 0. The number of hydrogen-bond acceptors (Lipinski definition) is 2. The molecule has 0 aliphatic carbocycles. The third-order valence-corrected chi connectivity index (χ3v) is 2.73. The Labute approximate surface area is 109 Å². The standard InChI is InChI=1S/C14H25NO3/c1-4-5-12(6-7-14(17)18)8-9-15-13(16)10-11(2)3/h10,12H,4-9H2,1-3H3,(H,15,16)(H,17,18). The molecule has 2 N–H and O–H groups in total. The van der Waals surface area contributed by atoms with E-state index < -0.39 is 5.97 Å². The minimum Gasteiger partial charge on any atom is -0.481 e. The van der Waals surface area contributed by atoms with E-state index in [9.17, 15) is 9.59 Å². The third kappa shape index (κ3) is 9.87. The van der Waals surface area contributed by atoms with Gasteiger partial charge in [0, 0.05) is 19.0 Å². The molecule has 1 unspecified atom stereocenters. The van der Waals surface area contributed by atoms with E-state index in [2.05, 4.69) is 12.2 Å². The van der Waals surface area contributed by atoms with Gasteiger partial charge < -0.3 is 10.4 Å². The van der Waals surface area contributed by atoms with Crippen LogP contribution in [-0.4, -0.2) is 23.5 Å². The van der Waals surface area contributed by atoms with E-state index in [4.69, 9.17) is 5.11 Å². The normalized spacial score (nSPS) is 11.7. The molecule has 0 aliphatic rings. The van der Waals surface area contributed by atoms with Gasteiger partial charge in [-0.05, 0) is 32.6 Å². The highest BCUT2D eigenvalue weighted by Crippen LogP contribution is 2.17. The van der Waals surface area contributed by atoms with Crippen LogP contribution in [0.2, 0.25) is 0 Å². The van der Waals surface area contributed by atoms with Crippen molar-refractivity contribution in [2.75, 3.05) is 6.54 Å². The van der Waals surface area contributed by atoms with Crippen LogP contribution in [0.1, 0.15) is 52.9 Å². The number of carboxylic acids is 1. The quantitative estimate of drug-likeness (QED) is 0.622. The molecule has 1 atom stereocenters. The fraction of sp³-hybridized carbons (Fsp3) is 0.714. The zero-order chi connectivity index (χ0) is 14.0. The lowest BCUT2D eigenvalue weighted by atomic mass is 9.94. The van der Waals surface area contributed by atoms with Crippen LogP contribution in [0.5, 0.6) is 0 Å². The van der Waals surface area contributed by atoms with Gasteiger partial charge in [-0.3, -0.25) is 9.59 Å². The monoisotopic (exact) mass is 255 g/mol. The second-order valence-electron chi connectivity index (χ2n) is 4.89. The number of carbonyl (C=O) groups excluding carboxylic acids is 1. The Morgan fingerprint density at radius 3 is 2.39 bits per heavy atom. The lowest BCUT2D eigenvalue weighted by Crippen LogP contribution is -2.24. The van der Waals surface area contributed by atoms with Gasteiger partial charge in [0.2, 0.25) is 5.91 Å². The molecule has 0 heterocycles. The molecule has 0 fully saturated rings. The lowest BCUT2D eigenvalue weighted by molar-refractivity contribution is -0.137. The summed E-state index contributed by atoms with van der Waals surface area (Å²) in [5, 5.41) is 11.5. The Hall–Kier alpha value is -1.32. The molecule has 0 bridgehead atoms. The highest BCUT2D eigenvalue weighted by molar-refractivity contribution is 5.87. The summed E-state index contributed by atoms with van der Waals surface area (Å²) in [5.74, 6) is -0.425. The smallest absolute Gasteiger partial charge is 0.303 e. The van der Waals surface area contributed by atoms with E-state index in [1.807, 2.05) is 13.8 Å². The van der Waals surface area contributed by atoms with Crippen molar-refractivity contribution in [3.63, 3.8) is 0 Å². The van der Waals surface area contributed by atoms with Gasteiger partial charge in [-0.2, -0.15) is 0 Å². The molecule has 0 rings (SSSR count). The molecule has 0 aromatic carbocycles. The first-order chi connectivity index (χ1) is 8.45. The van der Waals surface area contributed by atoms with Crippen LogP contribution in [0.15, 0.2) is 11.6 Å². The summed E-state index contributed by atoms with van der Waals surface area (Å²) < 4.78 is 0. The van der Waals surface area contributed by atoms with Gasteiger partial charge in [0.1, 0.15) is 0 Å². The van der Waals surface area contributed by atoms with Crippen LogP contribution in [0.3, 0.4) is 0 Å². The zero-order valence-electron chi connectivity index (χ0n) is 11.7. The van der Waals surface area contributed by atoms with Crippen molar-refractivity contribution in [3.05, 3.63) is 11.6 Å². The number of carbonyl (C=O) groups is 2.